The van der Waals surface area contributed by atoms with Crippen LogP contribution >= 0.6 is 0 Å². The molecule has 1 fully saturated rings. The van der Waals surface area contributed by atoms with Gasteiger partial charge in [0.25, 0.3) is 0 Å². The summed E-state index contributed by atoms with van der Waals surface area (Å²) in [5.41, 5.74) is 10.3. The van der Waals surface area contributed by atoms with Gasteiger partial charge in [-0.2, -0.15) is 0 Å². The summed E-state index contributed by atoms with van der Waals surface area (Å²) in [6, 6.07) is 31.3. The number of rotatable bonds is 10. The Bertz CT molecular complexity index is 1650. The van der Waals surface area contributed by atoms with Crippen molar-refractivity contribution in [1.82, 2.24) is 10.2 Å². The monoisotopic (exact) mass is 599 g/mol. The maximum absolute atomic E-state index is 14.2. The number of amides is 1. The van der Waals surface area contributed by atoms with Crippen LogP contribution in [0, 0.1) is 5.82 Å². The number of hydrogen-bond acceptors (Lipinski definition) is 5. The molecule has 1 aliphatic rings. The van der Waals surface area contributed by atoms with Gasteiger partial charge in [-0.25, -0.2) is 12.8 Å². The van der Waals surface area contributed by atoms with E-state index < -0.39 is 21.4 Å². The molecule has 1 heterocycles. The Morgan fingerprint density at radius 3 is 2.26 bits per heavy atom. The van der Waals surface area contributed by atoms with Gasteiger partial charge in [0.2, 0.25) is 5.91 Å². The van der Waals surface area contributed by atoms with Crippen LogP contribution < -0.4 is 11.1 Å². The molecule has 3 N–H and O–H groups in total. The highest BCUT2D eigenvalue weighted by Gasteiger charge is 2.38. The number of halogens is 1. The van der Waals surface area contributed by atoms with Gasteiger partial charge in [0.15, 0.2) is 9.84 Å². The average molecular weight is 600 g/mol. The topological polar surface area (TPSA) is 92.5 Å². The van der Waals surface area contributed by atoms with E-state index in [1.165, 1.54) is 17.9 Å². The Hall–Kier alpha value is -3.85. The highest BCUT2D eigenvalue weighted by molar-refractivity contribution is 7.90. The van der Waals surface area contributed by atoms with E-state index >= 15 is 0 Å². The maximum atomic E-state index is 14.2. The zero-order valence-electron chi connectivity index (χ0n) is 24.4. The second kappa shape index (κ2) is 13.2. The molecule has 6 nitrogen and oxygen atoms in total. The standard InChI is InChI=1S/C35H38FN3O3S/c1-43(41,42)32-16-14-27(15-17-32)28-11-7-12-30(22-28)35(18-20-39(21-19-35)25-26-8-3-2-4-9-26)38-34(40)24-31(37)23-29-10-5-6-13-33(29)36/h2-17,22,31H,18-21,23-25,37H2,1H3,(H,38,40). The van der Waals surface area contributed by atoms with Crippen LogP contribution in [0.3, 0.4) is 0 Å². The van der Waals surface area contributed by atoms with E-state index in [0.29, 0.717) is 18.4 Å². The summed E-state index contributed by atoms with van der Waals surface area (Å²) in [4.78, 5) is 16.2. The lowest BCUT2D eigenvalue weighted by Crippen LogP contribution is -2.53. The number of carbonyl (C=O) groups is 1. The van der Waals surface area contributed by atoms with Crippen molar-refractivity contribution in [2.24, 2.45) is 5.73 Å². The average Bonchev–Trinajstić information content (AvgIpc) is 2.99. The molecule has 8 heteroatoms. The predicted octanol–water partition coefficient (Wildman–Crippen LogP) is 5.46. The minimum absolute atomic E-state index is 0.0798. The van der Waals surface area contributed by atoms with Crippen LogP contribution in [-0.2, 0) is 33.1 Å². The van der Waals surface area contributed by atoms with Gasteiger partial charge in [-0.1, -0.05) is 78.9 Å². The maximum Gasteiger partial charge on any atom is 0.222 e. The molecule has 43 heavy (non-hydrogen) atoms. The van der Waals surface area contributed by atoms with Crippen molar-refractivity contribution in [3.05, 3.63) is 126 Å². The molecule has 4 aromatic rings. The molecule has 0 aromatic heterocycles. The highest BCUT2D eigenvalue weighted by Crippen LogP contribution is 2.36. The first-order valence-electron chi connectivity index (χ1n) is 14.6. The number of benzene rings is 4. The van der Waals surface area contributed by atoms with Crippen LogP contribution in [0.2, 0.25) is 0 Å². The van der Waals surface area contributed by atoms with E-state index in [4.69, 9.17) is 5.73 Å². The van der Waals surface area contributed by atoms with Crippen molar-refractivity contribution >= 4 is 15.7 Å². The highest BCUT2D eigenvalue weighted by atomic mass is 32.2. The Labute approximate surface area is 253 Å². The Morgan fingerprint density at radius 1 is 0.907 bits per heavy atom. The molecule has 1 amide bonds. The fourth-order valence-corrected chi connectivity index (χ4v) is 6.52. The number of likely N-dealkylation sites (tertiary alicyclic amines) is 1. The third kappa shape index (κ3) is 7.76. The van der Waals surface area contributed by atoms with E-state index in [0.717, 1.165) is 36.3 Å². The minimum Gasteiger partial charge on any atom is -0.346 e. The molecule has 0 spiro atoms. The van der Waals surface area contributed by atoms with E-state index in [-0.39, 0.29) is 29.5 Å². The smallest absolute Gasteiger partial charge is 0.222 e. The largest absolute Gasteiger partial charge is 0.346 e. The fourth-order valence-electron chi connectivity index (χ4n) is 5.89. The first-order chi connectivity index (χ1) is 20.6. The second-order valence-corrected chi connectivity index (χ2v) is 13.5. The molecular weight excluding hydrogens is 561 g/mol. The van der Waals surface area contributed by atoms with Crippen molar-refractivity contribution in [3.8, 4) is 11.1 Å². The van der Waals surface area contributed by atoms with E-state index in [2.05, 4.69) is 28.4 Å². The fraction of sp³-hybridized carbons (Fsp3) is 0.286. The SMILES string of the molecule is CS(=O)(=O)c1ccc(-c2cccc(C3(NC(=O)CC(N)Cc4ccccc4F)CCN(Cc4ccccc4)CC3)c2)cc1. The van der Waals surface area contributed by atoms with Gasteiger partial charge in [-0.15, -0.1) is 0 Å². The van der Waals surface area contributed by atoms with E-state index in [1.807, 2.05) is 48.5 Å². The zero-order chi connectivity index (χ0) is 30.5. The third-order valence-corrected chi connectivity index (χ3v) is 9.38. The van der Waals surface area contributed by atoms with Gasteiger partial charge < -0.3 is 11.1 Å². The molecule has 1 saturated heterocycles. The van der Waals surface area contributed by atoms with E-state index in [1.54, 1.807) is 30.3 Å². The second-order valence-electron chi connectivity index (χ2n) is 11.5. The summed E-state index contributed by atoms with van der Waals surface area (Å²) in [6.07, 6.45) is 2.98. The number of carbonyl (C=O) groups excluding carboxylic acids is 1. The van der Waals surface area contributed by atoms with Crippen molar-refractivity contribution < 1.29 is 17.6 Å². The van der Waals surface area contributed by atoms with Crippen molar-refractivity contribution in [2.45, 2.75) is 48.7 Å². The van der Waals surface area contributed by atoms with Crippen LogP contribution in [0.1, 0.15) is 36.0 Å². The molecule has 0 saturated carbocycles. The summed E-state index contributed by atoms with van der Waals surface area (Å²) >= 11 is 0. The van der Waals surface area contributed by atoms with Gasteiger partial charge in [-0.05, 0) is 71.3 Å². The molecule has 4 aromatic carbocycles. The number of nitrogens with one attached hydrogen (secondary N) is 1. The number of nitrogens with two attached hydrogens (primary N) is 1. The van der Waals surface area contributed by atoms with Crippen LogP contribution in [-0.4, -0.2) is 44.6 Å². The quantitative estimate of drug-likeness (QED) is 0.253. The Morgan fingerprint density at radius 2 is 1.58 bits per heavy atom. The molecule has 0 bridgehead atoms. The van der Waals surface area contributed by atoms with Gasteiger partial charge in [0.1, 0.15) is 5.82 Å². The third-order valence-electron chi connectivity index (χ3n) is 8.26. The van der Waals surface area contributed by atoms with Gasteiger partial charge in [0.05, 0.1) is 10.4 Å². The van der Waals surface area contributed by atoms with Crippen molar-refractivity contribution in [1.29, 1.82) is 0 Å². The van der Waals surface area contributed by atoms with Crippen LogP contribution in [0.5, 0.6) is 0 Å². The molecule has 5 rings (SSSR count). The first kappa shape index (κ1) is 30.6. The number of nitrogens with zero attached hydrogens (tertiary/aromatic N) is 1. The normalized spacial score (nSPS) is 16.0. The summed E-state index contributed by atoms with van der Waals surface area (Å²) in [6.45, 7) is 2.43. The molecular formula is C35H38FN3O3S. The molecule has 224 valence electrons. The minimum atomic E-state index is -3.29. The molecule has 0 aliphatic carbocycles. The van der Waals surface area contributed by atoms with Crippen LogP contribution in [0.4, 0.5) is 4.39 Å². The van der Waals surface area contributed by atoms with Gasteiger partial charge in [0, 0.05) is 38.4 Å². The number of sulfone groups is 1. The summed E-state index contributed by atoms with van der Waals surface area (Å²) < 4.78 is 38.1. The predicted molar refractivity (Wildman–Crippen MR) is 168 cm³/mol. The lowest BCUT2D eigenvalue weighted by Gasteiger charge is -2.43. The van der Waals surface area contributed by atoms with Crippen molar-refractivity contribution in [2.75, 3.05) is 19.3 Å². The molecule has 1 aliphatic heterocycles. The molecule has 0 radical (unpaired) electrons. The number of hydrogen-bond donors (Lipinski definition) is 2. The van der Waals surface area contributed by atoms with Gasteiger partial charge in [-0.3, -0.25) is 9.69 Å². The Kier molecular flexibility index (Phi) is 9.40. The van der Waals surface area contributed by atoms with Gasteiger partial charge >= 0.3 is 0 Å². The zero-order valence-corrected chi connectivity index (χ0v) is 25.2. The lowest BCUT2D eigenvalue weighted by molar-refractivity contribution is -0.124. The molecule has 1 unspecified atom stereocenters. The summed E-state index contributed by atoms with van der Waals surface area (Å²) in [5.74, 6) is -0.481. The van der Waals surface area contributed by atoms with E-state index in [9.17, 15) is 17.6 Å². The van der Waals surface area contributed by atoms with Crippen LogP contribution in [0.15, 0.2) is 108 Å². The first-order valence-corrected chi connectivity index (χ1v) is 16.5. The summed E-state index contributed by atoms with van der Waals surface area (Å²) in [5, 5.41) is 3.35. The molecule has 1 atom stereocenters. The number of piperidine rings is 1. The Balaban J connectivity index is 1.37. The van der Waals surface area contributed by atoms with Crippen LogP contribution in [0.25, 0.3) is 11.1 Å². The van der Waals surface area contributed by atoms with Crippen molar-refractivity contribution in [3.63, 3.8) is 0 Å². The summed E-state index contributed by atoms with van der Waals surface area (Å²) in [7, 11) is -3.29. The lowest BCUT2D eigenvalue weighted by atomic mass is 9.79.